The SMILES string of the molecule is CCCCOc1c(Br)c(Br)c(OCCCC)c2cc3c(cc12)C=C(C)C(C)C3. The fourth-order valence-electron chi connectivity index (χ4n) is 3.58. The molecular weight excluding hydrogens is 480 g/mol. The average Bonchev–Trinajstić information content (AvgIpc) is 2.67. The molecule has 1 aliphatic rings. The van der Waals surface area contributed by atoms with Gasteiger partial charge >= 0.3 is 0 Å². The first-order valence-corrected chi connectivity index (χ1v) is 12.0. The molecule has 0 spiro atoms. The Hall–Kier alpha value is -1.00. The maximum absolute atomic E-state index is 6.24. The first kappa shape index (κ1) is 21.7. The lowest BCUT2D eigenvalue weighted by Crippen LogP contribution is -2.09. The van der Waals surface area contributed by atoms with Crippen molar-refractivity contribution in [3.05, 3.63) is 37.8 Å². The van der Waals surface area contributed by atoms with Gasteiger partial charge in [-0.25, -0.2) is 0 Å². The second-order valence-electron chi connectivity index (χ2n) is 7.78. The molecule has 0 fully saturated rings. The Kier molecular flexibility index (Phi) is 7.49. The molecule has 3 rings (SSSR count). The first-order chi connectivity index (χ1) is 13.5. The van der Waals surface area contributed by atoms with Gasteiger partial charge in [-0.05, 0) is 87.2 Å². The summed E-state index contributed by atoms with van der Waals surface area (Å²) < 4.78 is 14.4. The van der Waals surface area contributed by atoms with Crippen LogP contribution in [0.25, 0.3) is 16.8 Å². The van der Waals surface area contributed by atoms with Crippen LogP contribution in [-0.4, -0.2) is 13.2 Å². The Morgan fingerprint density at radius 2 is 1.46 bits per heavy atom. The van der Waals surface area contributed by atoms with Crippen molar-refractivity contribution >= 4 is 48.7 Å². The molecule has 1 unspecified atom stereocenters. The molecular formula is C24H30Br2O2. The van der Waals surface area contributed by atoms with Crippen molar-refractivity contribution in [3.63, 3.8) is 0 Å². The Morgan fingerprint density at radius 3 is 2.00 bits per heavy atom. The summed E-state index contributed by atoms with van der Waals surface area (Å²) in [5, 5.41) is 2.26. The molecule has 0 saturated heterocycles. The van der Waals surface area contributed by atoms with E-state index in [0.29, 0.717) is 5.92 Å². The van der Waals surface area contributed by atoms with Crippen molar-refractivity contribution in [2.45, 2.75) is 59.8 Å². The average molecular weight is 510 g/mol. The highest BCUT2D eigenvalue weighted by atomic mass is 79.9. The summed E-state index contributed by atoms with van der Waals surface area (Å²) in [6.45, 7) is 10.3. The van der Waals surface area contributed by atoms with Crippen LogP contribution in [0, 0.1) is 5.92 Å². The normalized spacial score (nSPS) is 16.1. The van der Waals surface area contributed by atoms with Crippen LogP contribution in [-0.2, 0) is 6.42 Å². The van der Waals surface area contributed by atoms with Gasteiger partial charge in [-0.3, -0.25) is 0 Å². The number of unbranched alkanes of at least 4 members (excludes halogenated alkanes) is 2. The number of fused-ring (bicyclic) bond motifs is 2. The molecule has 152 valence electrons. The van der Waals surface area contributed by atoms with E-state index < -0.39 is 0 Å². The molecule has 2 aromatic carbocycles. The fraction of sp³-hybridized carbons (Fsp3) is 0.500. The monoisotopic (exact) mass is 508 g/mol. The van der Waals surface area contributed by atoms with E-state index in [0.717, 1.165) is 76.5 Å². The van der Waals surface area contributed by atoms with Crippen LogP contribution in [0.4, 0.5) is 0 Å². The number of rotatable bonds is 8. The molecule has 0 amide bonds. The zero-order valence-electron chi connectivity index (χ0n) is 17.3. The van der Waals surface area contributed by atoms with Crippen LogP contribution in [0.15, 0.2) is 26.7 Å². The zero-order chi connectivity index (χ0) is 20.3. The summed E-state index contributed by atoms with van der Waals surface area (Å²) in [6, 6.07) is 4.60. The van der Waals surface area contributed by atoms with Crippen LogP contribution < -0.4 is 9.47 Å². The van der Waals surface area contributed by atoms with E-state index in [1.807, 2.05) is 0 Å². The molecule has 1 aliphatic carbocycles. The minimum absolute atomic E-state index is 0.577. The molecule has 0 aromatic heterocycles. The molecule has 2 aromatic rings. The largest absolute Gasteiger partial charge is 0.492 e. The third kappa shape index (κ3) is 4.43. The summed E-state index contributed by atoms with van der Waals surface area (Å²) in [4.78, 5) is 0. The number of halogens is 2. The van der Waals surface area contributed by atoms with Gasteiger partial charge in [0.25, 0.3) is 0 Å². The molecule has 2 nitrogen and oxygen atoms in total. The van der Waals surface area contributed by atoms with Crippen LogP contribution in [0.1, 0.15) is 64.5 Å². The molecule has 0 bridgehead atoms. The van der Waals surface area contributed by atoms with E-state index in [9.17, 15) is 0 Å². The van der Waals surface area contributed by atoms with Gasteiger partial charge in [-0.2, -0.15) is 0 Å². The number of allylic oxidation sites excluding steroid dienone is 1. The van der Waals surface area contributed by atoms with Gasteiger partial charge in [0.2, 0.25) is 0 Å². The predicted molar refractivity (Wildman–Crippen MR) is 127 cm³/mol. The first-order valence-electron chi connectivity index (χ1n) is 10.4. The minimum Gasteiger partial charge on any atom is -0.492 e. The van der Waals surface area contributed by atoms with Crippen molar-refractivity contribution < 1.29 is 9.47 Å². The van der Waals surface area contributed by atoms with Gasteiger partial charge in [-0.15, -0.1) is 0 Å². The molecule has 1 atom stereocenters. The Morgan fingerprint density at radius 1 is 0.929 bits per heavy atom. The highest BCUT2D eigenvalue weighted by Gasteiger charge is 2.23. The van der Waals surface area contributed by atoms with Crippen molar-refractivity contribution in [1.82, 2.24) is 0 Å². The lowest BCUT2D eigenvalue weighted by molar-refractivity contribution is 0.303. The Balaban J connectivity index is 2.18. The molecule has 0 N–H and O–H groups in total. The van der Waals surface area contributed by atoms with Crippen LogP contribution in [0.2, 0.25) is 0 Å². The molecule has 0 saturated carbocycles. The summed E-state index contributed by atoms with van der Waals surface area (Å²) in [7, 11) is 0. The third-order valence-corrected chi connectivity index (χ3v) is 7.58. The van der Waals surface area contributed by atoms with Gasteiger partial charge in [-0.1, -0.05) is 45.3 Å². The smallest absolute Gasteiger partial charge is 0.142 e. The number of ether oxygens (including phenoxy) is 2. The van der Waals surface area contributed by atoms with Gasteiger partial charge < -0.3 is 9.47 Å². The molecule has 0 heterocycles. The zero-order valence-corrected chi connectivity index (χ0v) is 20.5. The summed E-state index contributed by atoms with van der Waals surface area (Å²) in [5.74, 6) is 2.40. The predicted octanol–water partition coefficient (Wildman–Crippen LogP) is 8.32. The highest BCUT2D eigenvalue weighted by Crippen LogP contribution is 2.48. The van der Waals surface area contributed by atoms with E-state index in [1.165, 1.54) is 16.7 Å². The van der Waals surface area contributed by atoms with Crippen molar-refractivity contribution in [3.8, 4) is 11.5 Å². The number of hydrogen-bond acceptors (Lipinski definition) is 2. The highest BCUT2D eigenvalue weighted by molar-refractivity contribution is 9.13. The van der Waals surface area contributed by atoms with E-state index in [-0.39, 0.29) is 0 Å². The van der Waals surface area contributed by atoms with Crippen LogP contribution in [0.3, 0.4) is 0 Å². The van der Waals surface area contributed by atoms with Gasteiger partial charge in [0, 0.05) is 10.8 Å². The maximum Gasteiger partial charge on any atom is 0.142 e. The topological polar surface area (TPSA) is 18.5 Å². The van der Waals surface area contributed by atoms with Gasteiger partial charge in [0.05, 0.1) is 22.2 Å². The van der Waals surface area contributed by atoms with Gasteiger partial charge in [0.1, 0.15) is 11.5 Å². The van der Waals surface area contributed by atoms with Crippen molar-refractivity contribution in [2.75, 3.05) is 13.2 Å². The lowest BCUT2D eigenvalue weighted by atomic mass is 9.84. The molecule has 4 heteroatoms. The van der Waals surface area contributed by atoms with E-state index >= 15 is 0 Å². The number of hydrogen-bond donors (Lipinski definition) is 0. The standard InChI is InChI=1S/C24H30Br2O2/c1-5-7-9-27-23-19-13-17-11-15(3)16(4)12-18(17)14-20(19)24(22(26)21(23)25)28-10-8-6-2/h11,13-14,16H,5-10,12H2,1-4H3. The van der Waals surface area contributed by atoms with Crippen LogP contribution >= 0.6 is 31.9 Å². The summed E-state index contributed by atoms with van der Waals surface area (Å²) >= 11 is 7.53. The fourth-order valence-corrected chi connectivity index (χ4v) is 4.60. The Labute approximate surface area is 185 Å². The van der Waals surface area contributed by atoms with Crippen molar-refractivity contribution in [2.24, 2.45) is 5.92 Å². The lowest BCUT2D eigenvalue weighted by Gasteiger charge is -2.24. The molecule has 0 radical (unpaired) electrons. The van der Waals surface area contributed by atoms with E-state index in [2.05, 4.69) is 77.8 Å². The van der Waals surface area contributed by atoms with E-state index in [4.69, 9.17) is 9.47 Å². The minimum atomic E-state index is 0.577. The summed E-state index contributed by atoms with van der Waals surface area (Å²) in [5.41, 5.74) is 4.13. The third-order valence-electron chi connectivity index (χ3n) is 5.54. The quantitative estimate of drug-likeness (QED) is 0.333. The van der Waals surface area contributed by atoms with Crippen LogP contribution in [0.5, 0.6) is 11.5 Å². The Bertz CT molecular complexity index is 886. The van der Waals surface area contributed by atoms with Crippen molar-refractivity contribution in [1.29, 1.82) is 0 Å². The summed E-state index contributed by atoms with van der Waals surface area (Å²) in [6.07, 6.45) is 7.72. The number of benzene rings is 2. The van der Waals surface area contributed by atoms with E-state index in [1.54, 1.807) is 0 Å². The molecule has 28 heavy (non-hydrogen) atoms. The second kappa shape index (κ2) is 9.67. The molecule has 0 aliphatic heterocycles. The second-order valence-corrected chi connectivity index (χ2v) is 9.37. The van der Waals surface area contributed by atoms with Gasteiger partial charge in [0.15, 0.2) is 0 Å². The maximum atomic E-state index is 6.24.